The fourth-order valence-electron chi connectivity index (χ4n) is 5.94. The van der Waals surface area contributed by atoms with Crippen molar-refractivity contribution in [1.82, 2.24) is 10.6 Å². The Morgan fingerprint density at radius 3 is 1.33 bits per heavy atom. The molecule has 0 heterocycles. The van der Waals surface area contributed by atoms with E-state index in [4.69, 9.17) is 4.55 Å². The van der Waals surface area contributed by atoms with Gasteiger partial charge in [0.1, 0.15) is 6.04 Å². The zero-order valence-corrected chi connectivity index (χ0v) is 30.9. The molecule has 46 heavy (non-hydrogen) atoms. The lowest BCUT2D eigenvalue weighted by Crippen LogP contribution is -2.47. The van der Waals surface area contributed by atoms with Crippen LogP contribution in [0, 0.1) is 0 Å². The minimum absolute atomic E-state index is 0.157. The molecule has 8 nitrogen and oxygen atoms in total. The van der Waals surface area contributed by atoms with E-state index in [-0.39, 0.29) is 31.3 Å². The molecule has 9 heteroatoms. The topological polar surface area (TPSA) is 122 Å². The van der Waals surface area contributed by atoms with Crippen molar-refractivity contribution in [2.24, 2.45) is 0 Å². The molecule has 0 saturated carbocycles. The molecule has 274 valence electrons. The second-order valence-corrected chi connectivity index (χ2v) is 14.5. The molecule has 0 bridgehead atoms. The number of unbranched alkanes of at least 4 members (excludes halogenated alkanes) is 25. The van der Waals surface area contributed by atoms with Crippen molar-refractivity contribution in [3.63, 3.8) is 0 Å². The van der Waals surface area contributed by atoms with E-state index in [1.54, 1.807) is 0 Å². The highest BCUT2D eigenvalue weighted by Crippen LogP contribution is 2.14. The Labute approximate surface area is 284 Å². The van der Waals surface area contributed by atoms with E-state index in [0.717, 1.165) is 38.5 Å². The molecule has 0 saturated heterocycles. The number of amides is 2. The van der Waals surface area contributed by atoms with E-state index in [0.29, 0.717) is 13.0 Å². The predicted molar refractivity (Wildman–Crippen MR) is 192 cm³/mol. The van der Waals surface area contributed by atoms with Gasteiger partial charge in [-0.2, -0.15) is 8.42 Å². The molecule has 3 N–H and O–H groups in total. The Bertz CT molecular complexity index is 793. The van der Waals surface area contributed by atoms with Gasteiger partial charge in [-0.3, -0.25) is 14.1 Å². The van der Waals surface area contributed by atoms with E-state index < -0.39 is 16.4 Å². The van der Waals surface area contributed by atoms with Gasteiger partial charge in [-0.1, -0.05) is 174 Å². The Kier molecular flexibility index (Phi) is 32.8. The first-order chi connectivity index (χ1) is 22.3. The molecule has 0 aliphatic carbocycles. The number of carbonyl (C=O) groups is 2. The third-order valence-electron chi connectivity index (χ3n) is 8.86. The van der Waals surface area contributed by atoms with Gasteiger partial charge in [0.25, 0.3) is 0 Å². The molecule has 1 atom stereocenters. The molecule has 0 unspecified atom stereocenters. The summed E-state index contributed by atoms with van der Waals surface area (Å²) >= 11 is 0. The van der Waals surface area contributed by atoms with Crippen LogP contribution in [0.5, 0.6) is 0 Å². The van der Waals surface area contributed by atoms with Gasteiger partial charge in [0.15, 0.2) is 0 Å². The van der Waals surface area contributed by atoms with E-state index in [2.05, 4.69) is 28.7 Å². The first-order valence-electron chi connectivity index (χ1n) is 19.5. The van der Waals surface area contributed by atoms with Gasteiger partial charge in [-0.25, -0.2) is 4.18 Å². The number of hydrogen-bond donors (Lipinski definition) is 3. The van der Waals surface area contributed by atoms with Crippen LogP contribution in [-0.4, -0.2) is 44.0 Å². The summed E-state index contributed by atoms with van der Waals surface area (Å²) in [5.74, 6) is -0.407. The second kappa shape index (κ2) is 33.7. The number of rotatable bonds is 36. The molecule has 0 aromatic carbocycles. The lowest BCUT2D eigenvalue weighted by atomic mass is 10.0. The van der Waals surface area contributed by atoms with Crippen LogP contribution in [0.2, 0.25) is 0 Å². The molecule has 0 spiro atoms. The van der Waals surface area contributed by atoms with Crippen molar-refractivity contribution in [2.45, 2.75) is 213 Å². The quantitative estimate of drug-likeness (QED) is 0.0449. The fraction of sp³-hybridized carbons (Fsp3) is 0.946. The van der Waals surface area contributed by atoms with Crippen molar-refractivity contribution < 1.29 is 26.7 Å². The molecule has 2 amide bonds. The lowest BCUT2D eigenvalue weighted by molar-refractivity contribution is -0.129. The summed E-state index contributed by atoms with van der Waals surface area (Å²) in [5, 5.41) is 5.78. The van der Waals surface area contributed by atoms with Crippen molar-refractivity contribution in [1.29, 1.82) is 0 Å². The fourth-order valence-corrected chi connectivity index (χ4v) is 6.27. The molecular formula is C37H74N2O6S. The van der Waals surface area contributed by atoms with E-state index in [1.165, 1.54) is 135 Å². The first kappa shape index (κ1) is 44.8. The predicted octanol–water partition coefficient (Wildman–Crippen LogP) is 10.1. The van der Waals surface area contributed by atoms with Crippen molar-refractivity contribution in [2.75, 3.05) is 13.2 Å². The number of carbonyl (C=O) groups excluding carboxylic acids is 2. The van der Waals surface area contributed by atoms with Crippen LogP contribution in [0.25, 0.3) is 0 Å². The van der Waals surface area contributed by atoms with Crippen LogP contribution in [0.4, 0.5) is 0 Å². The molecule has 0 aromatic rings. The largest absolute Gasteiger partial charge is 0.397 e. The molecule has 0 rings (SSSR count). The normalized spacial score (nSPS) is 12.3. The summed E-state index contributed by atoms with van der Waals surface area (Å²) in [6.45, 7) is 4.83. The molecule has 0 radical (unpaired) electrons. The zero-order valence-electron chi connectivity index (χ0n) is 30.1. The minimum Gasteiger partial charge on any atom is -0.354 e. The van der Waals surface area contributed by atoms with Crippen molar-refractivity contribution in [3.8, 4) is 0 Å². The summed E-state index contributed by atoms with van der Waals surface area (Å²) in [6, 6.07) is -0.744. The van der Waals surface area contributed by atoms with Crippen LogP contribution < -0.4 is 10.6 Å². The molecular weight excluding hydrogens is 600 g/mol. The summed E-state index contributed by atoms with van der Waals surface area (Å²) in [5.41, 5.74) is 0. The summed E-state index contributed by atoms with van der Waals surface area (Å²) < 4.78 is 34.9. The monoisotopic (exact) mass is 675 g/mol. The van der Waals surface area contributed by atoms with Gasteiger partial charge < -0.3 is 10.6 Å². The van der Waals surface area contributed by atoms with E-state index in [1.807, 2.05) is 0 Å². The molecule has 0 aliphatic heterocycles. The Morgan fingerprint density at radius 2 is 0.935 bits per heavy atom. The van der Waals surface area contributed by atoms with E-state index >= 15 is 0 Å². The van der Waals surface area contributed by atoms with Gasteiger partial charge in [0.2, 0.25) is 11.8 Å². The summed E-state index contributed by atoms with van der Waals surface area (Å²) in [7, 11) is -4.52. The van der Waals surface area contributed by atoms with Gasteiger partial charge >= 0.3 is 10.4 Å². The third kappa shape index (κ3) is 34.2. The van der Waals surface area contributed by atoms with Crippen molar-refractivity contribution >= 4 is 22.2 Å². The van der Waals surface area contributed by atoms with Crippen LogP contribution in [0.1, 0.15) is 206 Å². The van der Waals surface area contributed by atoms with Crippen LogP contribution in [0.15, 0.2) is 0 Å². The maximum atomic E-state index is 12.8. The van der Waals surface area contributed by atoms with Gasteiger partial charge in [0.05, 0.1) is 6.61 Å². The van der Waals surface area contributed by atoms with Gasteiger partial charge in [0, 0.05) is 13.0 Å². The van der Waals surface area contributed by atoms with E-state index in [9.17, 15) is 18.0 Å². The van der Waals surface area contributed by atoms with Crippen LogP contribution in [-0.2, 0) is 24.2 Å². The number of hydrogen-bond acceptors (Lipinski definition) is 5. The second-order valence-electron chi connectivity index (χ2n) is 13.4. The van der Waals surface area contributed by atoms with Gasteiger partial charge in [-0.05, 0) is 25.7 Å². The third-order valence-corrected chi connectivity index (χ3v) is 9.32. The molecule has 0 fully saturated rings. The average molecular weight is 675 g/mol. The maximum Gasteiger partial charge on any atom is 0.397 e. The lowest BCUT2D eigenvalue weighted by Gasteiger charge is -2.18. The Balaban J connectivity index is 4.06. The maximum absolute atomic E-state index is 12.8. The minimum atomic E-state index is -4.52. The average Bonchev–Trinajstić information content (AvgIpc) is 3.02. The Hall–Kier alpha value is -1.19. The highest BCUT2D eigenvalue weighted by Gasteiger charge is 2.20. The number of nitrogens with one attached hydrogen (secondary N) is 2. The van der Waals surface area contributed by atoms with Crippen LogP contribution in [0.3, 0.4) is 0 Å². The highest BCUT2D eigenvalue weighted by atomic mass is 32.3. The van der Waals surface area contributed by atoms with Crippen molar-refractivity contribution in [3.05, 3.63) is 0 Å². The highest BCUT2D eigenvalue weighted by molar-refractivity contribution is 7.80. The first-order valence-corrected chi connectivity index (χ1v) is 20.9. The van der Waals surface area contributed by atoms with Crippen LogP contribution >= 0.6 is 0 Å². The SMILES string of the molecule is CCCCCCCCCCCCCCCCCC(=O)N[C@@H](CCCOS(=O)(=O)O)C(=O)NCCCCCCCCCCCCCC. The standard InChI is InChI=1S/C37H74N2O6S/c1-3-5-7-9-11-13-15-17-18-19-20-22-24-26-28-32-36(40)39-35(31-30-34-45-46(42,43)44)37(41)38-33-29-27-25-23-21-16-14-12-10-8-6-4-2/h35H,3-34H2,1-2H3,(H,38,41)(H,39,40)(H,42,43,44)/t35-/m0/s1. The molecule has 0 aromatic heterocycles. The summed E-state index contributed by atoms with van der Waals surface area (Å²) in [6.07, 6.45) is 34.8. The molecule has 0 aliphatic rings. The van der Waals surface area contributed by atoms with Gasteiger partial charge in [-0.15, -0.1) is 0 Å². The Morgan fingerprint density at radius 1 is 0.565 bits per heavy atom. The zero-order chi connectivity index (χ0) is 34.0. The smallest absolute Gasteiger partial charge is 0.354 e. The summed E-state index contributed by atoms with van der Waals surface area (Å²) in [4.78, 5) is 25.5.